The van der Waals surface area contributed by atoms with Gasteiger partial charge in [-0.1, -0.05) is 34.1 Å². The van der Waals surface area contributed by atoms with E-state index in [9.17, 15) is 9.59 Å². The Balaban J connectivity index is 1.51. The van der Waals surface area contributed by atoms with E-state index >= 15 is 0 Å². The summed E-state index contributed by atoms with van der Waals surface area (Å²) in [7, 11) is 1.55. The number of amides is 2. The summed E-state index contributed by atoms with van der Waals surface area (Å²) in [5.41, 5.74) is 6.94. The van der Waals surface area contributed by atoms with Crippen molar-refractivity contribution in [3.8, 4) is 11.5 Å². The molecule has 0 aromatic heterocycles. The molecule has 0 aliphatic rings. The summed E-state index contributed by atoms with van der Waals surface area (Å²) >= 11 is 3.41. The molecule has 0 saturated carbocycles. The van der Waals surface area contributed by atoms with Crippen molar-refractivity contribution in [1.82, 2.24) is 5.43 Å². The van der Waals surface area contributed by atoms with Crippen LogP contribution in [0.5, 0.6) is 11.5 Å². The molecule has 0 atom stereocenters. The molecule has 0 saturated heterocycles. The van der Waals surface area contributed by atoms with Gasteiger partial charge in [0.1, 0.15) is 13.0 Å². The average molecular weight is 524 g/mol. The lowest BCUT2D eigenvalue weighted by molar-refractivity contribution is -0.126. The number of carbonyl (C=O) groups is 2. The molecule has 176 valence electrons. The molecule has 34 heavy (non-hydrogen) atoms. The van der Waals surface area contributed by atoms with Gasteiger partial charge in [0.25, 0.3) is 0 Å². The number of nitrogens with zero attached hydrogens (tertiary/aromatic N) is 1. The Hall–Kier alpha value is -3.65. The number of anilines is 1. The Morgan fingerprint density at radius 1 is 0.941 bits per heavy atom. The van der Waals surface area contributed by atoms with Crippen LogP contribution in [0.3, 0.4) is 0 Å². The molecule has 0 heterocycles. The van der Waals surface area contributed by atoms with Gasteiger partial charge in [-0.25, -0.2) is 5.43 Å². The fourth-order valence-corrected chi connectivity index (χ4v) is 3.28. The molecule has 3 rings (SSSR count). The molecule has 0 unspecified atom stereocenters. The van der Waals surface area contributed by atoms with Crippen LogP contribution in [0.2, 0.25) is 0 Å². The summed E-state index contributed by atoms with van der Waals surface area (Å²) in [5.74, 6) is 0.207. The monoisotopic (exact) mass is 523 g/mol. The van der Waals surface area contributed by atoms with Crippen LogP contribution in [0.15, 0.2) is 70.2 Å². The molecular formula is C26H26BrN3O4. The fourth-order valence-electron chi connectivity index (χ4n) is 3.01. The van der Waals surface area contributed by atoms with Crippen molar-refractivity contribution < 1.29 is 19.1 Å². The van der Waals surface area contributed by atoms with E-state index < -0.39 is 11.8 Å². The van der Waals surface area contributed by atoms with Crippen LogP contribution in [-0.4, -0.2) is 25.1 Å². The summed E-state index contributed by atoms with van der Waals surface area (Å²) in [4.78, 5) is 24.1. The van der Waals surface area contributed by atoms with Crippen molar-refractivity contribution in [3.63, 3.8) is 0 Å². The Kier molecular flexibility index (Phi) is 8.81. The molecule has 2 N–H and O–H groups in total. The summed E-state index contributed by atoms with van der Waals surface area (Å²) in [5, 5.41) is 6.64. The van der Waals surface area contributed by atoms with Crippen LogP contribution in [0, 0.1) is 13.8 Å². The van der Waals surface area contributed by atoms with Crippen LogP contribution in [0.25, 0.3) is 0 Å². The number of rotatable bonds is 9. The third-order valence-electron chi connectivity index (χ3n) is 5.01. The Bertz CT molecular complexity index is 1190. The highest BCUT2D eigenvalue weighted by atomic mass is 79.9. The lowest BCUT2D eigenvalue weighted by Crippen LogP contribution is -2.24. The fraction of sp³-hybridized carbons (Fsp3) is 0.192. The largest absolute Gasteiger partial charge is 0.493 e. The maximum Gasteiger partial charge on any atom is 0.249 e. The number of carbonyl (C=O) groups excluding carboxylic acids is 2. The van der Waals surface area contributed by atoms with Crippen LogP contribution in [0.4, 0.5) is 5.69 Å². The van der Waals surface area contributed by atoms with E-state index in [0.717, 1.165) is 21.2 Å². The molecule has 7 nitrogen and oxygen atoms in total. The third kappa shape index (κ3) is 7.45. The summed E-state index contributed by atoms with van der Waals surface area (Å²) < 4.78 is 12.3. The maximum absolute atomic E-state index is 12.1. The number of benzene rings is 3. The number of nitrogens with one attached hydrogen (secondary N) is 2. The Morgan fingerprint density at radius 2 is 1.71 bits per heavy atom. The maximum atomic E-state index is 12.1. The van der Waals surface area contributed by atoms with Gasteiger partial charge in [0, 0.05) is 10.2 Å². The topological polar surface area (TPSA) is 89.0 Å². The predicted octanol–water partition coefficient (Wildman–Crippen LogP) is 5.13. The quantitative estimate of drug-likeness (QED) is 0.231. The third-order valence-corrected chi connectivity index (χ3v) is 5.54. The summed E-state index contributed by atoms with van der Waals surface area (Å²) in [6.07, 6.45) is 1.14. The second-order valence-electron chi connectivity index (χ2n) is 7.64. The SMILES string of the molecule is COc1cc(C=NNC(=O)CC(=O)Nc2ccc(C)c(C)c2)ccc1OCc1ccc(Br)cc1. The van der Waals surface area contributed by atoms with Gasteiger partial charge in [0.05, 0.1) is 13.3 Å². The average Bonchev–Trinajstić information content (AvgIpc) is 2.81. The number of halogens is 1. The minimum Gasteiger partial charge on any atom is -0.493 e. The molecule has 0 fully saturated rings. The summed E-state index contributed by atoms with van der Waals surface area (Å²) in [6.45, 7) is 4.35. The van der Waals surface area contributed by atoms with Crippen LogP contribution in [-0.2, 0) is 16.2 Å². The Morgan fingerprint density at radius 3 is 2.41 bits per heavy atom. The van der Waals surface area contributed by atoms with E-state index in [0.29, 0.717) is 29.4 Å². The van der Waals surface area contributed by atoms with Gasteiger partial charge in [-0.3, -0.25) is 9.59 Å². The first kappa shape index (κ1) is 25.0. The van der Waals surface area contributed by atoms with E-state index in [-0.39, 0.29) is 6.42 Å². The first-order valence-electron chi connectivity index (χ1n) is 10.6. The molecule has 0 spiro atoms. The molecule has 8 heteroatoms. The van der Waals surface area contributed by atoms with Gasteiger partial charge >= 0.3 is 0 Å². The number of aryl methyl sites for hydroxylation is 2. The minimum absolute atomic E-state index is 0.337. The molecule has 0 radical (unpaired) electrons. The molecule has 2 amide bonds. The van der Waals surface area contributed by atoms with Gasteiger partial charge in [0.2, 0.25) is 11.8 Å². The predicted molar refractivity (Wildman–Crippen MR) is 136 cm³/mol. The van der Waals surface area contributed by atoms with Gasteiger partial charge in [-0.05, 0) is 78.6 Å². The highest BCUT2D eigenvalue weighted by Crippen LogP contribution is 2.28. The van der Waals surface area contributed by atoms with Crippen LogP contribution in [0.1, 0.15) is 28.7 Å². The molecule has 0 aliphatic heterocycles. The zero-order valence-electron chi connectivity index (χ0n) is 19.2. The zero-order valence-corrected chi connectivity index (χ0v) is 20.8. The van der Waals surface area contributed by atoms with Crippen molar-refractivity contribution in [3.05, 3.63) is 87.4 Å². The van der Waals surface area contributed by atoms with E-state index in [1.807, 2.05) is 50.2 Å². The van der Waals surface area contributed by atoms with Gasteiger partial charge in [-0.15, -0.1) is 0 Å². The van der Waals surface area contributed by atoms with Crippen LogP contribution < -0.4 is 20.2 Å². The number of hydrogen-bond donors (Lipinski definition) is 2. The first-order valence-corrected chi connectivity index (χ1v) is 11.4. The number of methoxy groups -OCH3 is 1. The number of hydrogen-bond acceptors (Lipinski definition) is 5. The van der Waals surface area contributed by atoms with Gasteiger partial charge in [-0.2, -0.15) is 5.10 Å². The number of ether oxygens (including phenoxy) is 2. The molecule has 0 bridgehead atoms. The standard InChI is InChI=1S/C26H26BrN3O4/c1-17-4-10-22(12-18(17)2)29-25(31)14-26(32)30-28-15-20-7-11-23(24(13-20)33-3)34-16-19-5-8-21(27)9-6-19/h4-13,15H,14,16H2,1-3H3,(H,29,31)(H,30,32). The van der Waals surface area contributed by atoms with Crippen LogP contribution >= 0.6 is 15.9 Å². The van der Waals surface area contributed by atoms with Crippen molar-refractivity contribution >= 4 is 39.6 Å². The highest BCUT2D eigenvalue weighted by Gasteiger charge is 2.10. The second-order valence-corrected chi connectivity index (χ2v) is 8.56. The highest BCUT2D eigenvalue weighted by molar-refractivity contribution is 9.10. The Labute approximate surface area is 207 Å². The normalized spacial score (nSPS) is 10.7. The second kappa shape index (κ2) is 12.0. The van der Waals surface area contributed by atoms with Crippen molar-refractivity contribution in [2.24, 2.45) is 5.10 Å². The minimum atomic E-state index is -0.515. The zero-order chi connectivity index (χ0) is 24.5. The molecular weight excluding hydrogens is 498 g/mol. The van der Waals surface area contributed by atoms with E-state index in [4.69, 9.17) is 9.47 Å². The smallest absolute Gasteiger partial charge is 0.249 e. The molecule has 0 aliphatic carbocycles. The lowest BCUT2D eigenvalue weighted by Gasteiger charge is -2.11. The molecule has 3 aromatic rings. The van der Waals surface area contributed by atoms with Crippen molar-refractivity contribution in [2.45, 2.75) is 26.9 Å². The first-order chi connectivity index (χ1) is 16.3. The van der Waals surface area contributed by atoms with Gasteiger partial charge < -0.3 is 14.8 Å². The number of hydrazone groups is 1. The van der Waals surface area contributed by atoms with E-state index in [2.05, 4.69) is 31.8 Å². The lowest BCUT2D eigenvalue weighted by atomic mass is 10.1. The van der Waals surface area contributed by atoms with E-state index in [1.165, 1.54) is 6.21 Å². The van der Waals surface area contributed by atoms with Crippen molar-refractivity contribution in [1.29, 1.82) is 0 Å². The summed E-state index contributed by atoms with van der Waals surface area (Å²) in [6, 6.07) is 18.8. The molecule has 3 aromatic carbocycles. The van der Waals surface area contributed by atoms with Gasteiger partial charge in [0.15, 0.2) is 11.5 Å². The van der Waals surface area contributed by atoms with Crippen molar-refractivity contribution in [2.75, 3.05) is 12.4 Å². The van der Waals surface area contributed by atoms with E-state index in [1.54, 1.807) is 31.4 Å².